The van der Waals surface area contributed by atoms with Crippen molar-refractivity contribution in [3.8, 4) is 0 Å². The van der Waals surface area contributed by atoms with Crippen LogP contribution in [0.15, 0.2) is 42.5 Å². The summed E-state index contributed by atoms with van der Waals surface area (Å²) < 4.78 is 0. The highest BCUT2D eigenvalue weighted by molar-refractivity contribution is 6.35. The second-order valence-corrected chi connectivity index (χ2v) is 6.23. The van der Waals surface area contributed by atoms with Crippen LogP contribution in [0.2, 0.25) is 10.0 Å². The standard InChI is InChI=1S/C18H20Cl2N2O/c1-13-3-2-4-16(11-13)21-10-8-18(23)22-9-7-14-5-6-15(19)12-17(14)20/h2-6,11-12,21H,7-10H2,1H3,(H,22,23). The molecular formula is C18H20Cl2N2O. The lowest BCUT2D eigenvalue weighted by molar-refractivity contribution is -0.120. The van der Waals surface area contributed by atoms with Crippen LogP contribution in [0.1, 0.15) is 17.5 Å². The maximum Gasteiger partial charge on any atom is 0.221 e. The molecule has 122 valence electrons. The lowest BCUT2D eigenvalue weighted by Gasteiger charge is -2.09. The second kappa shape index (κ2) is 8.80. The highest BCUT2D eigenvalue weighted by Crippen LogP contribution is 2.21. The maximum absolute atomic E-state index is 11.8. The Bertz CT molecular complexity index is 674. The number of halogens is 2. The van der Waals surface area contributed by atoms with Gasteiger partial charge in [0, 0.05) is 35.2 Å². The zero-order chi connectivity index (χ0) is 16.7. The fraction of sp³-hybridized carbons (Fsp3) is 0.278. The zero-order valence-corrected chi connectivity index (χ0v) is 14.5. The third kappa shape index (κ3) is 6.12. The zero-order valence-electron chi connectivity index (χ0n) is 13.0. The van der Waals surface area contributed by atoms with E-state index in [1.807, 2.05) is 31.2 Å². The quantitative estimate of drug-likeness (QED) is 0.773. The summed E-state index contributed by atoms with van der Waals surface area (Å²) in [6.45, 7) is 3.21. The van der Waals surface area contributed by atoms with E-state index in [1.165, 1.54) is 5.56 Å². The summed E-state index contributed by atoms with van der Waals surface area (Å²) in [5.41, 5.74) is 3.21. The Labute approximate surface area is 147 Å². The van der Waals surface area contributed by atoms with Gasteiger partial charge in [0.2, 0.25) is 5.91 Å². The molecular weight excluding hydrogens is 331 g/mol. The molecule has 0 fully saturated rings. The normalized spacial score (nSPS) is 10.4. The van der Waals surface area contributed by atoms with Gasteiger partial charge in [0.15, 0.2) is 0 Å². The van der Waals surface area contributed by atoms with Gasteiger partial charge in [-0.1, -0.05) is 41.4 Å². The van der Waals surface area contributed by atoms with Crippen LogP contribution in [0, 0.1) is 6.92 Å². The molecule has 0 aliphatic carbocycles. The summed E-state index contributed by atoms with van der Waals surface area (Å²) in [7, 11) is 0. The average Bonchev–Trinajstić information content (AvgIpc) is 2.49. The third-order valence-electron chi connectivity index (χ3n) is 3.43. The Kier molecular flexibility index (Phi) is 6.75. The van der Waals surface area contributed by atoms with Gasteiger partial charge in [-0.15, -0.1) is 0 Å². The highest BCUT2D eigenvalue weighted by Gasteiger charge is 2.04. The van der Waals surface area contributed by atoms with Crippen molar-refractivity contribution in [2.75, 3.05) is 18.4 Å². The number of carbonyl (C=O) groups excluding carboxylic acids is 1. The van der Waals surface area contributed by atoms with Crippen molar-refractivity contribution in [1.82, 2.24) is 5.32 Å². The number of benzene rings is 2. The lowest BCUT2D eigenvalue weighted by Crippen LogP contribution is -2.27. The van der Waals surface area contributed by atoms with Gasteiger partial charge in [-0.25, -0.2) is 0 Å². The first-order valence-corrected chi connectivity index (χ1v) is 8.31. The Morgan fingerprint density at radius 1 is 1.09 bits per heavy atom. The summed E-state index contributed by atoms with van der Waals surface area (Å²) in [5.74, 6) is 0.0234. The molecule has 1 amide bonds. The van der Waals surface area contributed by atoms with Gasteiger partial charge in [0.1, 0.15) is 0 Å². The molecule has 0 unspecified atom stereocenters. The van der Waals surface area contributed by atoms with Crippen LogP contribution >= 0.6 is 23.2 Å². The van der Waals surface area contributed by atoms with Gasteiger partial charge in [-0.05, 0) is 48.7 Å². The Balaban J connectivity index is 1.67. The minimum Gasteiger partial charge on any atom is -0.385 e. The lowest BCUT2D eigenvalue weighted by atomic mass is 10.1. The summed E-state index contributed by atoms with van der Waals surface area (Å²) >= 11 is 12.0. The topological polar surface area (TPSA) is 41.1 Å². The molecule has 0 heterocycles. The predicted molar refractivity (Wildman–Crippen MR) is 97.5 cm³/mol. The van der Waals surface area contributed by atoms with Crippen LogP contribution in [0.3, 0.4) is 0 Å². The Morgan fingerprint density at radius 2 is 1.91 bits per heavy atom. The minimum atomic E-state index is 0.0234. The molecule has 0 aliphatic rings. The summed E-state index contributed by atoms with van der Waals surface area (Å²) in [4.78, 5) is 11.8. The smallest absolute Gasteiger partial charge is 0.221 e. The number of rotatable bonds is 7. The number of hydrogen-bond acceptors (Lipinski definition) is 2. The second-order valence-electron chi connectivity index (χ2n) is 5.38. The molecule has 2 aromatic rings. The van der Waals surface area contributed by atoms with Crippen molar-refractivity contribution in [1.29, 1.82) is 0 Å². The Morgan fingerprint density at radius 3 is 2.65 bits per heavy atom. The van der Waals surface area contributed by atoms with Crippen molar-refractivity contribution in [2.24, 2.45) is 0 Å². The van der Waals surface area contributed by atoms with Gasteiger partial charge in [0.05, 0.1) is 0 Å². The SMILES string of the molecule is Cc1cccc(NCCC(=O)NCCc2ccc(Cl)cc2Cl)c1. The van der Waals surface area contributed by atoms with E-state index in [4.69, 9.17) is 23.2 Å². The minimum absolute atomic E-state index is 0.0234. The number of nitrogens with one attached hydrogen (secondary N) is 2. The van der Waals surface area contributed by atoms with Crippen LogP contribution in [-0.4, -0.2) is 19.0 Å². The first-order chi connectivity index (χ1) is 11.0. The van der Waals surface area contributed by atoms with E-state index in [0.29, 0.717) is 36.0 Å². The van der Waals surface area contributed by atoms with E-state index in [0.717, 1.165) is 11.3 Å². The summed E-state index contributed by atoms with van der Waals surface area (Å²) in [5, 5.41) is 7.39. The molecule has 0 aromatic heterocycles. The van der Waals surface area contributed by atoms with E-state index >= 15 is 0 Å². The van der Waals surface area contributed by atoms with Crippen LogP contribution in [-0.2, 0) is 11.2 Å². The van der Waals surface area contributed by atoms with E-state index in [-0.39, 0.29) is 5.91 Å². The maximum atomic E-state index is 11.8. The monoisotopic (exact) mass is 350 g/mol. The molecule has 0 radical (unpaired) electrons. The van der Waals surface area contributed by atoms with E-state index in [1.54, 1.807) is 12.1 Å². The Hall–Kier alpha value is -1.71. The van der Waals surface area contributed by atoms with Gasteiger partial charge < -0.3 is 10.6 Å². The van der Waals surface area contributed by atoms with Crippen LogP contribution in [0.4, 0.5) is 5.69 Å². The van der Waals surface area contributed by atoms with Crippen molar-refractivity contribution in [3.63, 3.8) is 0 Å². The number of carbonyl (C=O) groups is 1. The van der Waals surface area contributed by atoms with Crippen LogP contribution in [0.25, 0.3) is 0 Å². The first-order valence-electron chi connectivity index (χ1n) is 7.56. The number of anilines is 1. The molecule has 0 aliphatic heterocycles. The van der Waals surface area contributed by atoms with Crippen LogP contribution in [0.5, 0.6) is 0 Å². The van der Waals surface area contributed by atoms with E-state index < -0.39 is 0 Å². The third-order valence-corrected chi connectivity index (χ3v) is 4.02. The van der Waals surface area contributed by atoms with Crippen molar-refractivity contribution in [3.05, 3.63) is 63.6 Å². The van der Waals surface area contributed by atoms with Crippen molar-refractivity contribution in [2.45, 2.75) is 19.8 Å². The molecule has 23 heavy (non-hydrogen) atoms. The highest BCUT2D eigenvalue weighted by atomic mass is 35.5. The molecule has 0 saturated heterocycles. The molecule has 0 spiro atoms. The molecule has 0 saturated carbocycles. The number of hydrogen-bond donors (Lipinski definition) is 2. The summed E-state index contributed by atoms with van der Waals surface area (Å²) in [6.07, 6.45) is 1.12. The van der Waals surface area contributed by atoms with Gasteiger partial charge in [0.25, 0.3) is 0 Å². The number of aryl methyl sites for hydroxylation is 1. The average molecular weight is 351 g/mol. The summed E-state index contributed by atoms with van der Waals surface area (Å²) in [6, 6.07) is 13.5. The fourth-order valence-corrected chi connectivity index (χ4v) is 2.73. The van der Waals surface area contributed by atoms with Gasteiger partial charge >= 0.3 is 0 Å². The van der Waals surface area contributed by atoms with E-state index in [2.05, 4.69) is 16.7 Å². The predicted octanol–water partition coefficient (Wildman–Crippen LogP) is 4.46. The molecule has 2 rings (SSSR count). The van der Waals surface area contributed by atoms with Crippen LogP contribution < -0.4 is 10.6 Å². The molecule has 0 bridgehead atoms. The molecule has 2 N–H and O–H groups in total. The fourth-order valence-electron chi connectivity index (χ4n) is 2.22. The first kappa shape index (κ1) is 17.6. The van der Waals surface area contributed by atoms with Gasteiger partial charge in [-0.2, -0.15) is 0 Å². The largest absolute Gasteiger partial charge is 0.385 e. The molecule has 5 heteroatoms. The number of amides is 1. The molecule has 2 aromatic carbocycles. The van der Waals surface area contributed by atoms with E-state index in [9.17, 15) is 4.79 Å². The van der Waals surface area contributed by atoms with Gasteiger partial charge in [-0.3, -0.25) is 4.79 Å². The van der Waals surface area contributed by atoms with Crippen molar-refractivity contribution >= 4 is 34.8 Å². The van der Waals surface area contributed by atoms with Crippen molar-refractivity contribution < 1.29 is 4.79 Å². The molecule has 0 atom stereocenters. The molecule has 3 nitrogen and oxygen atoms in total.